The number of rotatable bonds is 2. The lowest BCUT2D eigenvalue weighted by molar-refractivity contribution is 0.0868. The van der Waals surface area contributed by atoms with Crippen LogP contribution in [0, 0.1) is 0 Å². The van der Waals surface area contributed by atoms with Gasteiger partial charge in [-0.1, -0.05) is 35.3 Å². The Morgan fingerprint density at radius 1 is 1.14 bits per heavy atom. The molecule has 0 aliphatic heterocycles. The van der Waals surface area contributed by atoms with E-state index in [1.807, 2.05) is 0 Å². The van der Waals surface area contributed by atoms with Gasteiger partial charge in [-0.15, -0.1) is 0 Å². The number of nitrogens with one attached hydrogen (secondary N) is 1. The van der Waals surface area contributed by atoms with Crippen LogP contribution in [0.25, 0.3) is 0 Å². The Morgan fingerprint density at radius 2 is 1.90 bits per heavy atom. The van der Waals surface area contributed by atoms with E-state index in [9.17, 15) is 9.59 Å². The average Bonchev–Trinajstić information content (AvgIpc) is 2.75. The highest BCUT2D eigenvalue weighted by molar-refractivity contribution is 6.34. The second kappa shape index (κ2) is 5.51. The molecule has 0 spiro atoms. The summed E-state index contributed by atoms with van der Waals surface area (Å²) in [5, 5.41) is 3.68. The molecule has 2 aromatic rings. The molecule has 3 rings (SSSR count). The van der Waals surface area contributed by atoms with Gasteiger partial charge in [-0.25, -0.2) is 0 Å². The number of halogens is 2. The number of ketones is 1. The Balaban J connectivity index is 1.80. The zero-order valence-electron chi connectivity index (χ0n) is 10.9. The molecular weight excluding hydrogens is 309 g/mol. The minimum absolute atomic E-state index is 0.0953. The highest BCUT2D eigenvalue weighted by Gasteiger charge is 2.32. The summed E-state index contributed by atoms with van der Waals surface area (Å²) in [7, 11) is 0. The van der Waals surface area contributed by atoms with Gasteiger partial charge in [0.1, 0.15) is 0 Å². The first-order valence-corrected chi connectivity index (χ1v) is 7.20. The van der Waals surface area contributed by atoms with E-state index in [-0.39, 0.29) is 11.7 Å². The van der Waals surface area contributed by atoms with Crippen molar-refractivity contribution in [3.05, 3.63) is 69.2 Å². The van der Waals surface area contributed by atoms with Gasteiger partial charge >= 0.3 is 0 Å². The second-order valence-corrected chi connectivity index (χ2v) is 5.72. The molecule has 0 saturated heterocycles. The standard InChI is InChI=1S/C16H11Cl2NO2/c17-10-5-6-11-9(7-10)8-14(15(11)20)19-16(21)12-3-1-2-4-13(12)18/h1-7,14H,8H2,(H,19,21). The van der Waals surface area contributed by atoms with Crippen molar-refractivity contribution < 1.29 is 9.59 Å². The molecule has 3 nitrogen and oxygen atoms in total. The lowest BCUT2D eigenvalue weighted by atomic mass is 10.1. The number of amides is 1. The van der Waals surface area contributed by atoms with E-state index < -0.39 is 6.04 Å². The van der Waals surface area contributed by atoms with E-state index in [0.29, 0.717) is 27.6 Å². The van der Waals surface area contributed by atoms with Crippen LogP contribution in [-0.4, -0.2) is 17.7 Å². The fraction of sp³-hybridized carbons (Fsp3) is 0.125. The van der Waals surface area contributed by atoms with Gasteiger partial charge in [-0.3, -0.25) is 9.59 Å². The topological polar surface area (TPSA) is 46.2 Å². The molecule has 1 atom stereocenters. The fourth-order valence-corrected chi connectivity index (χ4v) is 2.89. The van der Waals surface area contributed by atoms with Crippen LogP contribution in [0.2, 0.25) is 10.0 Å². The highest BCUT2D eigenvalue weighted by atomic mass is 35.5. The van der Waals surface area contributed by atoms with Gasteiger partial charge in [0.2, 0.25) is 0 Å². The largest absolute Gasteiger partial charge is 0.341 e. The number of Topliss-reactive ketones (excluding diaryl/α,β-unsaturated/α-hetero) is 1. The molecular formula is C16H11Cl2NO2. The Hall–Kier alpha value is -1.84. The van der Waals surface area contributed by atoms with Crippen LogP contribution in [0.5, 0.6) is 0 Å². The first-order chi connectivity index (χ1) is 10.1. The summed E-state index contributed by atoms with van der Waals surface area (Å²) >= 11 is 11.9. The van der Waals surface area contributed by atoms with Gasteiger partial charge in [0.05, 0.1) is 16.6 Å². The van der Waals surface area contributed by atoms with Crippen LogP contribution in [0.15, 0.2) is 42.5 Å². The maximum absolute atomic E-state index is 12.3. The molecule has 0 radical (unpaired) electrons. The van der Waals surface area contributed by atoms with Gasteiger partial charge in [-0.2, -0.15) is 0 Å². The van der Waals surface area contributed by atoms with Gasteiger partial charge in [0.15, 0.2) is 5.78 Å². The maximum Gasteiger partial charge on any atom is 0.253 e. The van der Waals surface area contributed by atoms with Crippen LogP contribution in [-0.2, 0) is 6.42 Å². The average molecular weight is 320 g/mol. The molecule has 0 saturated carbocycles. The van der Waals surface area contributed by atoms with E-state index in [1.165, 1.54) is 0 Å². The van der Waals surface area contributed by atoms with Crippen molar-refractivity contribution in [2.75, 3.05) is 0 Å². The SMILES string of the molecule is O=C(NC1Cc2cc(Cl)ccc2C1=O)c1ccccc1Cl. The van der Waals surface area contributed by atoms with E-state index in [4.69, 9.17) is 23.2 Å². The first-order valence-electron chi connectivity index (χ1n) is 6.44. The van der Waals surface area contributed by atoms with Crippen molar-refractivity contribution in [3.8, 4) is 0 Å². The summed E-state index contributed by atoms with van der Waals surface area (Å²) in [6, 6.07) is 11.3. The van der Waals surface area contributed by atoms with Gasteiger partial charge in [-0.05, 0) is 35.9 Å². The van der Waals surface area contributed by atoms with Crippen LogP contribution in [0.3, 0.4) is 0 Å². The van der Waals surface area contributed by atoms with E-state index in [2.05, 4.69) is 5.32 Å². The molecule has 21 heavy (non-hydrogen) atoms. The van der Waals surface area contributed by atoms with Crippen LogP contribution < -0.4 is 5.32 Å². The molecule has 1 amide bonds. The second-order valence-electron chi connectivity index (χ2n) is 4.88. The summed E-state index contributed by atoms with van der Waals surface area (Å²) in [6.07, 6.45) is 0.449. The van der Waals surface area contributed by atoms with Gasteiger partial charge < -0.3 is 5.32 Å². The molecule has 0 heterocycles. The summed E-state index contributed by atoms with van der Waals surface area (Å²) < 4.78 is 0. The maximum atomic E-state index is 12.3. The minimum atomic E-state index is -0.567. The molecule has 1 aliphatic rings. The molecule has 5 heteroatoms. The Labute approximate surface area is 131 Å². The van der Waals surface area contributed by atoms with Crippen molar-refractivity contribution in [1.82, 2.24) is 5.32 Å². The zero-order chi connectivity index (χ0) is 15.0. The van der Waals surface area contributed by atoms with Crippen LogP contribution >= 0.6 is 23.2 Å². The zero-order valence-corrected chi connectivity index (χ0v) is 12.4. The number of fused-ring (bicyclic) bond motifs is 1. The monoisotopic (exact) mass is 319 g/mol. The molecule has 0 fully saturated rings. The van der Waals surface area contributed by atoms with E-state index in [0.717, 1.165) is 5.56 Å². The third kappa shape index (κ3) is 2.67. The number of carbonyl (C=O) groups is 2. The molecule has 1 unspecified atom stereocenters. The first kappa shape index (κ1) is 14.1. The smallest absolute Gasteiger partial charge is 0.253 e. The van der Waals surface area contributed by atoms with Crippen molar-refractivity contribution in [1.29, 1.82) is 0 Å². The number of carbonyl (C=O) groups excluding carboxylic acids is 2. The predicted molar refractivity (Wildman–Crippen MR) is 82.2 cm³/mol. The Morgan fingerprint density at radius 3 is 2.67 bits per heavy atom. The number of benzene rings is 2. The number of hydrogen-bond acceptors (Lipinski definition) is 2. The third-order valence-corrected chi connectivity index (χ3v) is 4.06. The van der Waals surface area contributed by atoms with Crippen molar-refractivity contribution in [2.45, 2.75) is 12.5 Å². The van der Waals surface area contributed by atoms with Gasteiger partial charge in [0, 0.05) is 17.0 Å². The van der Waals surface area contributed by atoms with Crippen molar-refractivity contribution >= 4 is 34.9 Å². The summed E-state index contributed by atoms with van der Waals surface area (Å²) in [5.41, 5.74) is 1.83. The summed E-state index contributed by atoms with van der Waals surface area (Å²) in [5.74, 6) is -0.445. The number of hydrogen-bond donors (Lipinski definition) is 1. The van der Waals surface area contributed by atoms with Crippen LogP contribution in [0.4, 0.5) is 0 Å². The summed E-state index contributed by atoms with van der Waals surface area (Å²) in [4.78, 5) is 24.5. The Kier molecular flexibility index (Phi) is 3.70. The molecule has 1 aliphatic carbocycles. The predicted octanol–water partition coefficient (Wildman–Crippen LogP) is 3.53. The van der Waals surface area contributed by atoms with Crippen molar-refractivity contribution in [3.63, 3.8) is 0 Å². The minimum Gasteiger partial charge on any atom is -0.341 e. The lowest BCUT2D eigenvalue weighted by Gasteiger charge is -2.11. The van der Waals surface area contributed by atoms with Crippen LogP contribution in [0.1, 0.15) is 26.3 Å². The molecule has 1 N–H and O–H groups in total. The highest BCUT2D eigenvalue weighted by Crippen LogP contribution is 2.26. The van der Waals surface area contributed by atoms with Crippen molar-refractivity contribution in [2.24, 2.45) is 0 Å². The molecule has 2 aromatic carbocycles. The summed E-state index contributed by atoms with van der Waals surface area (Å²) in [6.45, 7) is 0. The quantitative estimate of drug-likeness (QED) is 0.920. The fourth-order valence-electron chi connectivity index (χ4n) is 2.47. The third-order valence-electron chi connectivity index (χ3n) is 3.50. The van der Waals surface area contributed by atoms with E-state index >= 15 is 0 Å². The molecule has 0 bridgehead atoms. The van der Waals surface area contributed by atoms with Gasteiger partial charge in [0.25, 0.3) is 5.91 Å². The lowest BCUT2D eigenvalue weighted by Crippen LogP contribution is -2.39. The normalized spacial score (nSPS) is 16.7. The molecule has 106 valence electrons. The Bertz CT molecular complexity index is 743. The van der Waals surface area contributed by atoms with E-state index in [1.54, 1.807) is 42.5 Å². The molecule has 0 aromatic heterocycles.